The van der Waals surface area contributed by atoms with Crippen LogP contribution in [0.2, 0.25) is 5.02 Å². The number of amides is 2. The van der Waals surface area contributed by atoms with Crippen LogP contribution in [0.25, 0.3) is 0 Å². The number of rotatable bonds is 2. The first kappa shape index (κ1) is 16.5. The Morgan fingerprint density at radius 2 is 1.92 bits per heavy atom. The molecule has 0 radical (unpaired) electrons. The van der Waals surface area contributed by atoms with Crippen molar-refractivity contribution in [3.63, 3.8) is 0 Å². The zero-order valence-corrected chi connectivity index (χ0v) is 14.2. The van der Waals surface area contributed by atoms with Crippen LogP contribution in [0, 0.1) is 0 Å². The second-order valence-corrected chi connectivity index (χ2v) is 6.20. The van der Waals surface area contributed by atoms with E-state index < -0.39 is 0 Å². The average Bonchev–Trinajstić information content (AvgIpc) is 2.63. The molecule has 0 saturated heterocycles. The summed E-state index contributed by atoms with van der Waals surface area (Å²) in [6, 6.07) is 14.9. The number of carbonyl (C=O) groups is 2. The van der Waals surface area contributed by atoms with Gasteiger partial charge < -0.3 is 4.90 Å². The van der Waals surface area contributed by atoms with Crippen molar-refractivity contribution in [1.29, 1.82) is 0 Å². The van der Waals surface area contributed by atoms with E-state index >= 15 is 0 Å². The van der Waals surface area contributed by atoms with Crippen molar-refractivity contribution in [1.82, 2.24) is 10.4 Å². The van der Waals surface area contributed by atoms with Crippen molar-refractivity contribution in [2.45, 2.75) is 13.0 Å². The third-order valence-electron chi connectivity index (χ3n) is 4.05. The van der Waals surface area contributed by atoms with Crippen LogP contribution in [0.15, 0.2) is 48.5 Å². The lowest BCUT2D eigenvalue weighted by Gasteiger charge is -2.30. The van der Waals surface area contributed by atoms with Gasteiger partial charge in [-0.3, -0.25) is 15.0 Å². The van der Waals surface area contributed by atoms with E-state index in [1.807, 2.05) is 42.5 Å². The zero-order valence-electron chi connectivity index (χ0n) is 13.5. The third kappa shape index (κ3) is 3.13. The van der Waals surface area contributed by atoms with Gasteiger partial charge in [0.1, 0.15) is 0 Å². The van der Waals surface area contributed by atoms with E-state index in [1.165, 1.54) is 6.92 Å². The Labute approximate surface area is 145 Å². The minimum atomic E-state index is -0.308. The van der Waals surface area contributed by atoms with Gasteiger partial charge in [-0.25, -0.2) is 0 Å². The molecular weight excluding hydrogens is 326 g/mol. The molecule has 1 atom stereocenters. The lowest BCUT2D eigenvalue weighted by molar-refractivity contribution is -0.127. The van der Waals surface area contributed by atoms with Gasteiger partial charge in [0, 0.05) is 30.2 Å². The van der Waals surface area contributed by atoms with E-state index in [2.05, 4.69) is 5.43 Å². The molecule has 1 aliphatic rings. The van der Waals surface area contributed by atoms with Gasteiger partial charge in [-0.05, 0) is 23.8 Å². The normalized spacial score (nSPS) is 18.0. The number of anilines is 1. The molecule has 0 bridgehead atoms. The maximum atomic E-state index is 12.5. The van der Waals surface area contributed by atoms with Gasteiger partial charge in [-0.2, -0.15) is 5.01 Å². The van der Waals surface area contributed by atoms with Gasteiger partial charge in [0.2, 0.25) is 11.8 Å². The van der Waals surface area contributed by atoms with Gasteiger partial charge in [-0.15, -0.1) is 0 Å². The van der Waals surface area contributed by atoms with E-state index in [-0.39, 0.29) is 24.4 Å². The highest BCUT2D eigenvalue weighted by atomic mass is 35.5. The van der Waals surface area contributed by atoms with E-state index in [4.69, 9.17) is 11.6 Å². The molecule has 1 aliphatic heterocycles. The second-order valence-electron chi connectivity index (χ2n) is 5.77. The summed E-state index contributed by atoms with van der Waals surface area (Å²) in [5.74, 6) is -0.331. The Kier molecular flexibility index (Phi) is 4.55. The van der Waals surface area contributed by atoms with Crippen molar-refractivity contribution in [2.75, 3.05) is 18.5 Å². The number of likely N-dealkylation sites (N-methyl/N-ethyl adjacent to an activating group) is 1. The fourth-order valence-electron chi connectivity index (χ4n) is 3.00. The maximum Gasteiger partial charge on any atom is 0.242 e. The summed E-state index contributed by atoms with van der Waals surface area (Å²) in [6.07, 6.45) is 0. The van der Waals surface area contributed by atoms with Crippen molar-refractivity contribution >= 4 is 29.1 Å². The topological polar surface area (TPSA) is 52.7 Å². The predicted octanol–water partition coefficient (Wildman–Crippen LogP) is 2.76. The molecule has 24 heavy (non-hydrogen) atoms. The molecule has 0 spiro atoms. The van der Waals surface area contributed by atoms with Crippen LogP contribution < -0.4 is 10.3 Å². The summed E-state index contributed by atoms with van der Waals surface area (Å²) in [5.41, 5.74) is 5.41. The number of nitrogens with zero attached hydrogens (tertiary/aromatic N) is 2. The Bertz CT molecular complexity index is 779. The Morgan fingerprint density at radius 3 is 2.58 bits per heavy atom. The summed E-state index contributed by atoms with van der Waals surface area (Å²) in [6.45, 7) is 1.50. The van der Waals surface area contributed by atoms with E-state index in [1.54, 1.807) is 23.0 Å². The lowest BCUT2D eigenvalue weighted by atomic mass is 9.96. The van der Waals surface area contributed by atoms with Gasteiger partial charge in [-0.1, -0.05) is 41.9 Å². The van der Waals surface area contributed by atoms with Gasteiger partial charge >= 0.3 is 0 Å². The molecule has 6 heteroatoms. The molecule has 1 heterocycles. The van der Waals surface area contributed by atoms with Crippen molar-refractivity contribution in [2.24, 2.45) is 0 Å². The van der Waals surface area contributed by atoms with Crippen LogP contribution >= 0.6 is 11.6 Å². The fourth-order valence-corrected chi connectivity index (χ4v) is 3.18. The Hall–Kier alpha value is -2.37. The maximum absolute atomic E-state index is 12.5. The van der Waals surface area contributed by atoms with Crippen molar-refractivity contribution in [3.8, 4) is 0 Å². The number of hydrazine groups is 1. The standard InChI is InChI=1S/C18H18ClN3O2/c1-12(23)20-22-11-17(24)21(2)16-9-8-14(19)10-15(16)18(22)13-6-4-3-5-7-13/h3-10,18H,11H2,1-2H3,(H,20,23). The molecule has 2 aromatic carbocycles. The molecule has 0 saturated carbocycles. The van der Waals surface area contributed by atoms with E-state index in [0.29, 0.717) is 5.02 Å². The van der Waals surface area contributed by atoms with E-state index in [0.717, 1.165) is 16.8 Å². The molecule has 0 aromatic heterocycles. The largest absolute Gasteiger partial charge is 0.314 e. The molecule has 2 amide bonds. The average molecular weight is 344 g/mol. The number of fused-ring (bicyclic) bond motifs is 1. The summed E-state index contributed by atoms with van der Waals surface area (Å²) in [4.78, 5) is 25.8. The van der Waals surface area contributed by atoms with E-state index in [9.17, 15) is 9.59 Å². The summed E-state index contributed by atoms with van der Waals surface area (Å²) < 4.78 is 0. The highest BCUT2D eigenvalue weighted by Gasteiger charge is 2.33. The van der Waals surface area contributed by atoms with Gasteiger partial charge in [0.25, 0.3) is 0 Å². The molecule has 1 N–H and O–H groups in total. The SMILES string of the molecule is CC(=O)NN1CC(=O)N(C)c2ccc(Cl)cc2C1c1ccccc1. The Morgan fingerprint density at radius 1 is 1.21 bits per heavy atom. The van der Waals surface area contributed by atoms with Crippen molar-refractivity contribution < 1.29 is 9.59 Å². The number of hydrogen-bond donors (Lipinski definition) is 1. The summed E-state index contributed by atoms with van der Waals surface area (Å²) >= 11 is 6.21. The third-order valence-corrected chi connectivity index (χ3v) is 4.29. The number of hydrogen-bond acceptors (Lipinski definition) is 3. The van der Waals surface area contributed by atoms with Gasteiger partial charge in [0.05, 0.1) is 12.6 Å². The van der Waals surface area contributed by atoms with Crippen LogP contribution in [0.4, 0.5) is 5.69 Å². The quantitative estimate of drug-likeness (QED) is 0.912. The number of carbonyl (C=O) groups excluding carboxylic acids is 2. The Balaban J connectivity index is 2.21. The molecule has 1 unspecified atom stereocenters. The first-order chi connectivity index (χ1) is 11.5. The molecule has 0 fully saturated rings. The fraction of sp³-hybridized carbons (Fsp3) is 0.222. The number of halogens is 1. The summed E-state index contributed by atoms with van der Waals surface area (Å²) in [5, 5.41) is 2.25. The monoisotopic (exact) mass is 343 g/mol. The first-order valence-electron chi connectivity index (χ1n) is 7.62. The molecule has 0 aliphatic carbocycles. The molecule has 124 valence electrons. The number of nitrogens with one attached hydrogen (secondary N) is 1. The molecule has 5 nitrogen and oxygen atoms in total. The van der Waals surface area contributed by atoms with Crippen molar-refractivity contribution in [3.05, 3.63) is 64.7 Å². The number of benzene rings is 2. The van der Waals surface area contributed by atoms with Crippen LogP contribution in [-0.4, -0.2) is 30.4 Å². The second kappa shape index (κ2) is 6.63. The minimum absolute atomic E-state index is 0.0714. The lowest BCUT2D eigenvalue weighted by Crippen LogP contribution is -2.47. The van der Waals surface area contributed by atoms with Crippen LogP contribution in [0.1, 0.15) is 24.1 Å². The van der Waals surface area contributed by atoms with Gasteiger partial charge in [0.15, 0.2) is 0 Å². The summed E-state index contributed by atoms with van der Waals surface area (Å²) in [7, 11) is 1.73. The predicted molar refractivity (Wildman–Crippen MR) is 93.7 cm³/mol. The molecular formula is C18H18ClN3O2. The van der Waals surface area contributed by atoms with Crippen LogP contribution in [0.5, 0.6) is 0 Å². The molecule has 2 aromatic rings. The van der Waals surface area contributed by atoms with Crippen LogP contribution in [-0.2, 0) is 9.59 Å². The highest BCUT2D eigenvalue weighted by Crippen LogP contribution is 2.38. The smallest absolute Gasteiger partial charge is 0.242 e. The first-order valence-corrected chi connectivity index (χ1v) is 8.00. The minimum Gasteiger partial charge on any atom is -0.314 e. The highest BCUT2D eigenvalue weighted by molar-refractivity contribution is 6.30. The van der Waals surface area contributed by atoms with Crippen LogP contribution in [0.3, 0.4) is 0 Å². The molecule has 3 rings (SSSR count). The zero-order chi connectivity index (χ0) is 17.3.